The van der Waals surface area contributed by atoms with Gasteiger partial charge in [-0.2, -0.15) is 0 Å². The highest BCUT2D eigenvalue weighted by Gasteiger charge is 2.52. The van der Waals surface area contributed by atoms with Crippen molar-refractivity contribution in [1.29, 1.82) is 0 Å². The molecule has 2 aliphatic rings. The average Bonchev–Trinajstić information content (AvgIpc) is 2.73. The largest absolute Gasteiger partial charge is 0.498 e. The van der Waals surface area contributed by atoms with Gasteiger partial charge in [0.05, 0.1) is 30.5 Å². The smallest absolute Gasteiger partial charge is 0.494 e. The Kier molecular flexibility index (Phi) is 3.93. The predicted molar refractivity (Wildman–Crippen MR) is 87.3 cm³/mol. The monoisotopic (exact) mass is 318 g/mol. The van der Waals surface area contributed by atoms with E-state index in [1.165, 1.54) is 7.11 Å². The number of fused-ring (bicyclic) bond motifs is 1. The Morgan fingerprint density at radius 2 is 1.83 bits per heavy atom. The molecular formula is C17H23BO5. The maximum absolute atomic E-state index is 12.0. The van der Waals surface area contributed by atoms with Crippen LogP contribution in [0, 0.1) is 0 Å². The van der Waals surface area contributed by atoms with E-state index in [0.29, 0.717) is 12.2 Å². The van der Waals surface area contributed by atoms with Crippen molar-refractivity contribution in [3.63, 3.8) is 0 Å². The van der Waals surface area contributed by atoms with Gasteiger partial charge in [-0.15, -0.1) is 0 Å². The van der Waals surface area contributed by atoms with Gasteiger partial charge < -0.3 is 18.8 Å². The number of carbonyl (C=O) groups is 1. The van der Waals surface area contributed by atoms with Crippen molar-refractivity contribution in [2.45, 2.75) is 51.7 Å². The van der Waals surface area contributed by atoms with E-state index in [1.807, 2.05) is 33.8 Å². The summed E-state index contributed by atoms with van der Waals surface area (Å²) in [5.41, 5.74) is 1.38. The van der Waals surface area contributed by atoms with Crippen LogP contribution in [0.3, 0.4) is 0 Å². The second-order valence-corrected chi connectivity index (χ2v) is 7.09. The Hall–Kier alpha value is -1.53. The molecular weight excluding hydrogens is 295 g/mol. The van der Waals surface area contributed by atoms with Gasteiger partial charge in [0.15, 0.2) is 0 Å². The molecule has 1 saturated heterocycles. The highest BCUT2D eigenvalue weighted by atomic mass is 16.7. The maximum atomic E-state index is 12.0. The molecule has 23 heavy (non-hydrogen) atoms. The van der Waals surface area contributed by atoms with Crippen molar-refractivity contribution in [2.75, 3.05) is 13.7 Å². The SMILES string of the molecule is COC(=O)c1cc2c(c(B3OC(C)(C)C(C)(C)O3)c1)OCCC2. The number of methoxy groups -OCH3 is 1. The molecule has 6 heteroatoms. The lowest BCUT2D eigenvalue weighted by atomic mass is 9.75. The van der Waals surface area contributed by atoms with Crippen LogP contribution in [-0.4, -0.2) is 38.0 Å². The molecule has 2 aliphatic heterocycles. The van der Waals surface area contributed by atoms with Crippen LogP contribution in [-0.2, 0) is 20.5 Å². The van der Waals surface area contributed by atoms with Crippen LogP contribution in [0.1, 0.15) is 50.0 Å². The molecule has 3 rings (SSSR count). The number of benzene rings is 1. The summed E-state index contributed by atoms with van der Waals surface area (Å²) in [6.45, 7) is 8.68. The zero-order chi connectivity index (χ0) is 16.8. The molecule has 1 fully saturated rings. The standard InChI is InChI=1S/C17H23BO5/c1-16(2)17(3,4)23-18(22-16)13-10-12(15(19)20-5)9-11-7-6-8-21-14(11)13/h9-10H,6-8H2,1-5H3. The fraction of sp³-hybridized carbons (Fsp3) is 0.588. The molecule has 0 unspecified atom stereocenters. The van der Waals surface area contributed by atoms with E-state index in [4.69, 9.17) is 18.8 Å². The Bertz CT molecular complexity index is 622. The maximum Gasteiger partial charge on any atom is 0.498 e. The summed E-state index contributed by atoms with van der Waals surface area (Å²) < 4.78 is 23.0. The fourth-order valence-electron chi connectivity index (χ4n) is 2.89. The Morgan fingerprint density at radius 3 is 2.43 bits per heavy atom. The van der Waals surface area contributed by atoms with Crippen molar-refractivity contribution >= 4 is 18.6 Å². The van der Waals surface area contributed by atoms with Gasteiger partial charge in [0.2, 0.25) is 0 Å². The van der Waals surface area contributed by atoms with Crippen molar-refractivity contribution < 1.29 is 23.6 Å². The lowest BCUT2D eigenvalue weighted by Gasteiger charge is -2.32. The summed E-state index contributed by atoms with van der Waals surface area (Å²) in [4.78, 5) is 12.0. The normalized spacial score (nSPS) is 21.5. The van der Waals surface area contributed by atoms with Crippen molar-refractivity contribution in [2.24, 2.45) is 0 Å². The molecule has 5 nitrogen and oxygen atoms in total. The second-order valence-electron chi connectivity index (χ2n) is 7.09. The van der Waals surface area contributed by atoms with E-state index >= 15 is 0 Å². The molecule has 1 aromatic carbocycles. The third kappa shape index (κ3) is 2.74. The highest BCUT2D eigenvalue weighted by molar-refractivity contribution is 6.63. The Labute approximate surface area is 137 Å². The number of aryl methyl sites for hydroxylation is 1. The summed E-state index contributed by atoms with van der Waals surface area (Å²) in [5, 5.41) is 0. The lowest BCUT2D eigenvalue weighted by molar-refractivity contribution is 0.00578. The molecule has 1 aromatic rings. The molecule has 0 saturated carbocycles. The molecule has 2 heterocycles. The lowest BCUT2D eigenvalue weighted by Crippen LogP contribution is -2.41. The van der Waals surface area contributed by atoms with Crippen LogP contribution < -0.4 is 10.2 Å². The van der Waals surface area contributed by atoms with E-state index in [0.717, 1.165) is 29.6 Å². The molecule has 0 bridgehead atoms. The third-order valence-corrected chi connectivity index (χ3v) is 4.96. The molecule has 0 atom stereocenters. The van der Waals surface area contributed by atoms with Gasteiger partial charge in [-0.3, -0.25) is 0 Å². The van der Waals surface area contributed by atoms with Crippen LogP contribution in [0.5, 0.6) is 5.75 Å². The van der Waals surface area contributed by atoms with Crippen molar-refractivity contribution in [3.05, 3.63) is 23.3 Å². The van der Waals surface area contributed by atoms with E-state index in [-0.39, 0.29) is 5.97 Å². The summed E-state index contributed by atoms with van der Waals surface area (Å²) >= 11 is 0. The zero-order valence-corrected chi connectivity index (χ0v) is 14.4. The molecule has 0 N–H and O–H groups in total. The quantitative estimate of drug-likeness (QED) is 0.617. The summed E-state index contributed by atoms with van der Waals surface area (Å²) in [5.74, 6) is 0.415. The number of carbonyl (C=O) groups excluding carboxylic acids is 1. The number of hydrogen-bond acceptors (Lipinski definition) is 5. The number of rotatable bonds is 2. The van der Waals surface area contributed by atoms with Gasteiger partial charge in [0.1, 0.15) is 5.75 Å². The fourth-order valence-corrected chi connectivity index (χ4v) is 2.89. The number of ether oxygens (including phenoxy) is 2. The Morgan fingerprint density at radius 1 is 1.17 bits per heavy atom. The minimum Gasteiger partial charge on any atom is -0.494 e. The third-order valence-electron chi connectivity index (χ3n) is 4.96. The molecule has 124 valence electrons. The first-order valence-electron chi connectivity index (χ1n) is 7.99. The van der Waals surface area contributed by atoms with E-state index in [9.17, 15) is 4.79 Å². The van der Waals surface area contributed by atoms with Crippen LogP contribution in [0.25, 0.3) is 0 Å². The summed E-state index contributed by atoms with van der Waals surface area (Å²) in [6.07, 6.45) is 1.80. The number of esters is 1. The van der Waals surface area contributed by atoms with Gasteiger partial charge >= 0.3 is 13.1 Å². The predicted octanol–water partition coefficient (Wildman–Crippen LogP) is 2.10. The minimum absolute atomic E-state index is 0.365. The van der Waals surface area contributed by atoms with Crippen LogP contribution >= 0.6 is 0 Å². The first-order chi connectivity index (χ1) is 10.7. The van der Waals surface area contributed by atoms with Gasteiger partial charge in [-0.1, -0.05) is 0 Å². The molecule has 0 aliphatic carbocycles. The first kappa shape index (κ1) is 16.3. The average molecular weight is 318 g/mol. The van der Waals surface area contributed by atoms with Crippen LogP contribution in [0.2, 0.25) is 0 Å². The van der Waals surface area contributed by atoms with Gasteiger partial charge in [0, 0.05) is 5.46 Å². The van der Waals surface area contributed by atoms with Gasteiger partial charge in [0.25, 0.3) is 0 Å². The van der Waals surface area contributed by atoms with Crippen molar-refractivity contribution in [3.8, 4) is 5.75 Å². The molecule has 0 radical (unpaired) electrons. The summed E-state index contributed by atoms with van der Waals surface area (Å²) in [6, 6.07) is 3.60. The Balaban J connectivity index is 2.06. The van der Waals surface area contributed by atoms with Gasteiger partial charge in [-0.25, -0.2) is 4.79 Å². The van der Waals surface area contributed by atoms with E-state index in [1.54, 1.807) is 6.07 Å². The minimum atomic E-state index is -0.559. The van der Waals surface area contributed by atoms with Gasteiger partial charge in [-0.05, 0) is 58.2 Å². The van der Waals surface area contributed by atoms with Crippen LogP contribution in [0.4, 0.5) is 0 Å². The van der Waals surface area contributed by atoms with Crippen LogP contribution in [0.15, 0.2) is 12.1 Å². The molecule has 0 amide bonds. The second kappa shape index (κ2) is 5.53. The van der Waals surface area contributed by atoms with Crippen molar-refractivity contribution in [1.82, 2.24) is 0 Å². The summed E-state index contributed by atoms with van der Waals surface area (Å²) in [7, 11) is 0.823. The topological polar surface area (TPSA) is 54.0 Å². The number of hydrogen-bond donors (Lipinski definition) is 0. The highest BCUT2D eigenvalue weighted by Crippen LogP contribution is 2.38. The van der Waals surface area contributed by atoms with E-state index in [2.05, 4.69) is 0 Å². The first-order valence-corrected chi connectivity index (χ1v) is 7.99. The van der Waals surface area contributed by atoms with E-state index < -0.39 is 18.3 Å². The molecule has 0 aromatic heterocycles. The molecule has 0 spiro atoms. The zero-order valence-electron chi connectivity index (χ0n) is 14.4.